The molecule has 58 heavy (non-hydrogen) atoms. The maximum atomic E-state index is 12.9. The van der Waals surface area contributed by atoms with E-state index in [1.54, 1.807) is 18.3 Å². The van der Waals surface area contributed by atoms with Crippen molar-refractivity contribution in [2.24, 2.45) is 5.92 Å². The summed E-state index contributed by atoms with van der Waals surface area (Å²) in [7, 11) is -0.217. The van der Waals surface area contributed by atoms with Gasteiger partial charge in [-0.25, -0.2) is 4.98 Å². The van der Waals surface area contributed by atoms with Gasteiger partial charge in [-0.05, 0) is 79.0 Å². The summed E-state index contributed by atoms with van der Waals surface area (Å²) < 4.78 is 13.2. The lowest BCUT2D eigenvalue weighted by Crippen LogP contribution is -2.43. The van der Waals surface area contributed by atoms with E-state index in [9.17, 15) is 19.8 Å². The number of nitrogens with zero attached hydrogens (tertiary/aromatic N) is 2. The lowest BCUT2D eigenvalue weighted by molar-refractivity contribution is -0.116. The number of aliphatic hydroxyl groups is 1. The topological polar surface area (TPSA) is 153 Å². The minimum atomic E-state index is -2.20. The zero-order valence-corrected chi connectivity index (χ0v) is 35.9. The minimum absolute atomic E-state index is 0.0177. The van der Waals surface area contributed by atoms with Crippen LogP contribution in [-0.2, 0) is 27.8 Å². The number of aromatic hydroxyl groups is 1. The van der Waals surface area contributed by atoms with Gasteiger partial charge in [0.05, 0.1) is 17.8 Å². The molecule has 310 valence electrons. The molecule has 2 atom stereocenters. The highest BCUT2D eigenvalue weighted by atomic mass is 28.4. The Hall–Kier alpha value is -4.59. The van der Waals surface area contributed by atoms with Crippen molar-refractivity contribution in [3.05, 3.63) is 124 Å². The molecule has 0 aliphatic heterocycles. The first kappa shape index (κ1) is 43.0. The molecule has 0 radical (unpaired) electrons. The van der Waals surface area contributed by atoms with Gasteiger partial charge in [-0.1, -0.05) is 88.6 Å². The number of fused-ring (bicyclic) bond motifs is 1. The summed E-state index contributed by atoms with van der Waals surface area (Å²) in [5.74, 6) is 1.11. The Morgan fingerprint density at radius 1 is 1.00 bits per heavy atom. The van der Waals surface area contributed by atoms with Gasteiger partial charge in [-0.15, -0.1) is 0 Å². The molecule has 0 bridgehead atoms. The second-order valence-electron chi connectivity index (χ2n) is 17.4. The van der Waals surface area contributed by atoms with Crippen molar-refractivity contribution in [3.63, 3.8) is 0 Å². The SMILES string of the molecule is CN(CCC(=O)Nc1ccc(CNC[C@H](O[Si](C)(C)C(C)(C)C)c2ccc(O)c3[nH]c(=O)ccc23)cc1)CCc1cnc([C@](O)(c2ccccc2)C2CCCCC2)o1. The molecule has 11 nitrogen and oxygen atoms in total. The van der Waals surface area contributed by atoms with Gasteiger partial charge in [0.15, 0.2) is 13.9 Å². The van der Waals surface area contributed by atoms with E-state index in [2.05, 4.69) is 59.4 Å². The first-order valence-electron chi connectivity index (χ1n) is 20.7. The third-order valence-electron chi connectivity index (χ3n) is 12.1. The standard InChI is InChI=1S/C46H61N5O6Si/c1-45(2,3)58(5,6)57-40(37-21-23-39(52)43-38(37)22-24-41(53)50-43)31-47-29-32-17-19-35(20-18-32)49-42(54)26-28-51(4)27-25-36-30-48-44(56-36)46(55,33-13-9-7-10-14-33)34-15-11-8-12-16-34/h7,9-10,13-14,17-24,30,34,40,47,52,55H,8,11-12,15-16,25-29,31H2,1-6H3,(H,49,54)(H,50,53)/t40-,46-/m0/s1. The molecule has 0 saturated heterocycles. The Bertz CT molecular complexity index is 2170. The molecule has 2 aromatic heterocycles. The summed E-state index contributed by atoms with van der Waals surface area (Å²) in [5.41, 5.74) is 2.39. The fourth-order valence-electron chi connectivity index (χ4n) is 7.62. The molecule has 1 amide bonds. The number of amides is 1. The second-order valence-corrected chi connectivity index (χ2v) is 22.2. The van der Waals surface area contributed by atoms with Gasteiger partial charge in [-0.2, -0.15) is 0 Å². The number of H-pyrrole nitrogens is 1. The van der Waals surface area contributed by atoms with Gasteiger partial charge < -0.3 is 39.6 Å². The van der Waals surface area contributed by atoms with Crippen LogP contribution in [0.15, 0.2) is 94.3 Å². The Morgan fingerprint density at radius 2 is 1.72 bits per heavy atom. The number of hydrogen-bond acceptors (Lipinski definition) is 9. The lowest BCUT2D eigenvalue weighted by Gasteiger charge is -2.39. The van der Waals surface area contributed by atoms with Crippen molar-refractivity contribution in [3.8, 4) is 5.75 Å². The summed E-state index contributed by atoms with van der Waals surface area (Å²) in [4.78, 5) is 34.5. The first-order valence-corrected chi connectivity index (χ1v) is 23.6. The number of oxazole rings is 1. The number of phenols is 1. The number of carbonyl (C=O) groups is 1. The molecular weight excluding hydrogens is 747 g/mol. The quantitative estimate of drug-likeness (QED) is 0.0584. The zero-order valence-electron chi connectivity index (χ0n) is 34.9. The van der Waals surface area contributed by atoms with Crippen LogP contribution >= 0.6 is 0 Å². The number of aromatic amines is 1. The van der Waals surface area contributed by atoms with Gasteiger partial charge in [0, 0.05) is 62.1 Å². The number of pyridine rings is 1. The predicted molar refractivity (Wildman–Crippen MR) is 232 cm³/mol. The maximum absolute atomic E-state index is 12.9. The smallest absolute Gasteiger partial charge is 0.248 e. The minimum Gasteiger partial charge on any atom is -0.506 e. The van der Waals surface area contributed by atoms with Crippen LogP contribution in [0.3, 0.4) is 0 Å². The van der Waals surface area contributed by atoms with Gasteiger partial charge in [-0.3, -0.25) is 9.59 Å². The van der Waals surface area contributed by atoms with E-state index in [4.69, 9.17) is 8.84 Å². The zero-order chi connectivity index (χ0) is 41.5. The number of rotatable bonds is 17. The van der Waals surface area contributed by atoms with Gasteiger partial charge in [0.2, 0.25) is 17.4 Å². The molecule has 0 spiro atoms. The number of hydrogen-bond donors (Lipinski definition) is 5. The molecule has 5 N–H and O–H groups in total. The summed E-state index contributed by atoms with van der Waals surface area (Å²) in [6, 6.07) is 24.3. The number of aromatic nitrogens is 2. The molecule has 3 aromatic carbocycles. The van der Waals surface area contributed by atoms with Crippen LogP contribution in [0, 0.1) is 5.92 Å². The molecule has 1 aliphatic carbocycles. The van der Waals surface area contributed by atoms with Gasteiger partial charge in [0.1, 0.15) is 11.5 Å². The van der Waals surface area contributed by atoms with Crippen LogP contribution in [0.25, 0.3) is 10.9 Å². The highest BCUT2D eigenvalue weighted by Gasteiger charge is 2.45. The lowest BCUT2D eigenvalue weighted by atomic mass is 9.73. The van der Waals surface area contributed by atoms with Crippen LogP contribution in [0.2, 0.25) is 18.1 Å². The average Bonchev–Trinajstić information content (AvgIpc) is 3.69. The highest BCUT2D eigenvalue weighted by molar-refractivity contribution is 6.74. The van der Waals surface area contributed by atoms with E-state index < -0.39 is 13.9 Å². The number of nitrogens with one attached hydrogen (secondary N) is 3. The van der Waals surface area contributed by atoms with Crippen molar-refractivity contribution in [1.82, 2.24) is 20.2 Å². The largest absolute Gasteiger partial charge is 0.506 e. The van der Waals surface area contributed by atoms with E-state index in [0.29, 0.717) is 50.4 Å². The maximum Gasteiger partial charge on any atom is 0.248 e. The Kier molecular flexibility index (Phi) is 13.8. The summed E-state index contributed by atoms with van der Waals surface area (Å²) in [6.07, 6.45) is 7.64. The van der Waals surface area contributed by atoms with E-state index in [1.807, 2.05) is 67.7 Å². The van der Waals surface area contributed by atoms with Crippen molar-refractivity contribution in [2.45, 2.75) is 102 Å². The van der Waals surface area contributed by atoms with Crippen LogP contribution in [0.4, 0.5) is 5.69 Å². The van der Waals surface area contributed by atoms with E-state index in [-0.39, 0.29) is 34.3 Å². The number of likely N-dealkylation sites (N-methyl/N-ethyl adjacent to an activating group) is 1. The number of carbonyl (C=O) groups excluding carboxylic acids is 1. The van der Waals surface area contributed by atoms with Crippen LogP contribution < -0.4 is 16.2 Å². The molecule has 6 rings (SSSR count). The average molecular weight is 808 g/mol. The van der Waals surface area contributed by atoms with Crippen molar-refractivity contribution in [1.29, 1.82) is 0 Å². The highest BCUT2D eigenvalue weighted by Crippen LogP contribution is 2.44. The van der Waals surface area contributed by atoms with E-state index >= 15 is 0 Å². The van der Waals surface area contributed by atoms with E-state index in [0.717, 1.165) is 59.2 Å². The molecule has 1 fully saturated rings. The summed E-state index contributed by atoms with van der Waals surface area (Å²) in [5, 5.41) is 29.9. The third kappa shape index (κ3) is 10.3. The normalized spacial score (nSPS) is 15.7. The summed E-state index contributed by atoms with van der Waals surface area (Å²) >= 11 is 0. The van der Waals surface area contributed by atoms with Gasteiger partial charge in [0.25, 0.3) is 0 Å². The molecule has 12 heteroatoms. The monoisotopic (exact) mass is 807 g/mol. The molecule has 5 aromatic rings. The number of phenolic OH excluding ortho intramolecular Hbond substituents is 1. The molecule has 2 heterocycles. The fourth-order valence-corrected chi connectivity index (χ4v) is 8.89. The van der Waals surface area contributed by atoms with Crippen LogP contribution in [-0.4, -0.2) is 66.0 Å². The second kappa shape index (κ2) is 18.5. The molecule has 1 aliphatic rings. The van der Waals surface area contributed by atoms with Crippen molar-refractivity contribution in [2.75, 3.05) is 32.0 Å². The van der Waals surface area contributed by atoms with Crippen LogP contribution in [0.5, 0.6) is 5.75 Å². The van der Waals surface area contributed by atoms with Crippen LogP contribution in [0.1, 0.15) is 93.7 Å². The molecule has 1 saturated carbocycles. The van der Waals surface area contributed by atoms with Crippen molar-refractivity contribution >= 4 is 30.8 Å². The Balaban J connectivity index is 0.989. The Labute approximate surface area is 343 Å². The number of benzene rings is 3. The van der Waals surface area contributed by atoms with Crippen molar-refractivity contribution < 1.29 is 23.9 Å². The molecular formula is C46H61N5O6Si. The van der Waals surface area contributed by atoms with Gasteiger partial charge >= 0.3 is 0 Å². The number of anilines is 1. The first-order chi connectivity index (χ1) is 27.6. The summed E-state index contributed by atoms with van der Waals surface area (Å²) in [6.45, 7) is 13.4. The Morgan fingerprint density at radius 3 is 2.43 bits per heavy atom. The fraction of sp³-hybridized carbons (Fsp3) is 0.457. The van der Waals surface area contributed by atoms with E-state index in [1.165, 1.54) is 12.5 Å². The third-order valence-corrected chi connectivity index (χ3v) is 16.6. The molecule has 0 unspecified atom stereocenters. The predicted octanol–water partition coefficient (Wildman–Crippen LogP) is 8.39.